The molecule has 12 heavy (non-hydrogen) atoms. The van der Waals surface area contributed by atoms with Crippen molar-refractivity contribution < 1.29 is 9.59 Å². The standard InChI is InChI=1S/C8H16N2O2/c1-6(2)7(5-11)10(4)8(12)9-3/h5-7H,1-4H3,(H,9,12)/t7-/m1/s1. The molecule has 70 valence electrons. The maximum absolute atomic E-state index is 11.1. The van der Waals surface area contributed by atoms with Crippen molar-refractivity contribution in [1.82, 2.24) is 10.2 Å². The SMILES string of the molecule is CNC(=O)N(C)[C@H](C=O)C(C)C. The van der Waals surface area contributed by atoms with Crippen molar-refractivity contribution in [3.05, 3.63) is 0 Å². The lowest BCUT2D eigenvalue weighted by Crippen LogP contribution is -2.45. The van der Waals surface area contributed by atoms with Gasteiger partial charge >= 0.3 is 6.03 Å². The fourth-order valence-electron chi connectivity index (χ4n) is 1.01. The van der Waals surface area contributed by atoms with Crippen LogP contribution in [0.1, 0.15) is 13.8 Å². The fourth-order valence-corrected chi connectivity index (χ4v) is 1.01. The van der Waals surface area contributed by atoms with E-state index in [-0.39, 0.29) is 18.0 Å². The molecule has 0 aromatic heterocycles. The van der Waals surface area contributed by atoms with Gasteiger partial charge < -0.3 is 15.0 Å². The predicted octanol–water partition coefficient (Wildman–Crippen LogP) is 0.481. The van der Waals surface area contributed by atoms with Gasteiger partial charge in [0, 0.05) is 14.1 Å². The summed E-state index contributed by atoms with van der Waals surface area (Å²) in [5.74, 6) is 0.143. The maximum atomic E-state index is 11.1. The molecule has 0 unspecified atom stereocenters. The molecular weight excluding hydrogens is 156 g/mol. The molecule has 2 amide bonds. The number of hydrogen-bond donors (Lipinski definition) is 1. The third kappa shape index (κ3) is 2.53. The molecule has 1 atom stereocenters. The van der Waals surface area contributed by atoms with Crippen molar-refractivity contribution in [1.29, 1.82) is 0 Å². The number of urea groups is 1. The first-order chi connectivity index (χ1) is 5.54. The number of nitrogens with zero attached hydrogens (tertiary/aromatic N) is 1. The van der Waals surface area contributed by atoms with Crippen molar-refractivity contribution in [2.75, 3.05) is 14.1 Å². The number of hydrogen-bond acceptors (Lipinski definition) is 2. The Morgan fingerprint density at radius 1 is 1.50 bits per heavy atom. The Labute approximate surface area is 72.9 Å². The average Bonchev–Trinajstić information content (AvgIpc) is 2.03. The maximum Gasteiger partial charge on any atom is 0.317 e. The van der Waals surface area contributed by atoms with Gasteiger partial charge in [-0.25, -0.2) is 4.79 Å². The van der Waals surface area contributed by atoms with Gasteiger partial charge in [-0.15, -0.1) is 0 Å². The summed E-state index contributed by atoms with van der Waals surface area (Å²) in [4.78, 5) is 23.1. The van der Waals surface area contributed by atoms with Crippen molar-refractivity contribution in [2.45, 2.75) is 19.9 Å². The van der Waals surface area contributed by atoms with E-state index < -0.39 is 0 Å². The molecule has 4 heteroatoms. The number of carbonyl (C=O) groups is 2. The van der Waals surface area contributed by atoms with E-state index >= 15 is 0 Å². The Kier molecular flexibility index (Phi) is 4.33. The number of carbonyl (C=O) groups excluding carboxylic acids is 2. The minimum absolute atomic E-state index is 0.143. The highest BCUT2D eigenvalue weighted by atomic mass is 16.2. The van der Waals surface area contributed by atoms with Gasteiger partial charge in [0.1, 0.15) is 6.29 Å². The summed E-state index contributed by atoms with van der Waals surface area (Å²) < 4.78 is 0. The second-order valence-electron chi connectivity index (χ2n) is 3.04. The number of aldehydes is 1. The zero-order valence-electron chi connectivity index (χ0n) is 8.00. The molecule has 4 nitrogen and oxygen atoms in total. The molecule has 0 heterocycles. The highest BCUT2D eigenvalue weighted by Crippen LogP contribution is 2.05. The van der Waals surface area contributed by atoms with Crippen LogP contribution >= 0.6 is 0 Å². The molecule has 0 spiro atoms. The summed E-state index contributed by atoms with van der Waals surface area (Å²) in [5.41, 5.74) is 0. The summed E-state index contributed by atoms with van der Waals surface area (Å²) in [6.07, 6.45) is 0.792. The van der Waals surface area contributed by atoms with E-state index in [1.54, 1.807) is 14.1 Å². The average molecular weight is 172 g/mol. The van der Waals surface area contributed by atoms with Crippen LogP contribution in [-0.2, 0) is 4.79 Å². The summed E-state index contributed by atoms with van der Waals surface area (Å²) in [6, 6.07) is -0.578. The van der Waals surface area contributed by atoms with Crippen molar-refractivity contribution in [3.8, 4) is 0 Å². The first-order valence-corrected chi connectivity index (χ1v) is 3.94. The van der Waals surface area contributed by atoms with Crippen molar-refractivity contribution in [2.24, 2.45) is 5.92 Å². The van der Waals surface area contributed by atoms with Crippen LogP contribution in [0, 0.1) is 5.92 Å². The van der Waals surface area contributed by atoms with Gasteiger partial charge in [-0.2, -0.15) is 0 Å². The first kappa shape index (κ1) is 10.9. The second-order valence-corrected chi connectivity index (χ2v) is 3.04. The molecule has 0 aromatic carbocycles. The Morgan fingerprint density at radius 2 is 2.00 bits per heavy atom. The lowest BCUT2D eigenvalue weighted by Gasteiger charge is -2.25. The minimum atomic E-state index is -0.343. The Bertz CT molecular complexity index is 168. The molecule has 0 saturated heterocycles. The Morgan fingerprint density at radius 3 is 2.25 bits per heavy atom. The van der Waals surface area contributed by atoms with E-state index in [0.29, 0.717) is 0 Å². The van der Waals surface area contributed by atoms with Gasteiger partial charge in [0.05, 0.1) is 6.04 Å². The molecule has 0 rings (SSSR count). The Balaban J connectivity index is 4.30. The lowest BCUT2D eigenvalue weighted by molar-refractivity contribution is -0.112. The van der Waals surface area contributed by atoms with E-state index in [2.05, 4.69) is 5.32 Å². The van der Waals surface area contributed by atoms with Gasteiger partial charge in [0.2, 0.25) is 0 Å². The van der Waals surface area contributed by atoms with E-state index in [1.165, 1.54) is 4.90 Å². The van der Waals surface area contributed by atoms with Crippen LogP contribution in [0.3, 0.4) is 0 Å². The highest BCUT2D eigenvalue weighted by molar-refractivity contribution is 5.77. The molecule has 1 N–H and O–H groups in total. The molecular formula is C8H16N2O2. The van der Waals surface area contributed by atoms with Crippen LogP contribution in [0.25, 0.3) is 0 Å². The van der Waals surface area contributed by atoms with E-state index in [4.69, 9.17) is 0 Å². The van der Waals surface area contributed by atoms with Crippen LogP contribution < -0.4 is 5.32 Å². The summed E-state index contributed by atoms with van der Waals surface area (Å²) in [6.45, 7) is 3.80. The van der Waals surface area contributed by atoms with Crippen LogP contribution in [0.4, 0.5) is 4.79 Å². The van der Waals surface area contributed by atoms with Crippen LogP contribution in [0.5, 0.6) is 0 Å². The van der Waals surface area contributed by atoms with Crippen molar-refractivity contribution in [3.63, 3.8) is 0 Å². The molecule has 0 aromatic rings. The van der Waals surface area contributed by atoms with Crippen LogP contribution in [-0.4, -0.2) is 37.4 Å². The zero-order valence-corrected chi connectivity index (χ0v) is 8.00. The number of rotatable bonds is 3. The van der Waals surface area contributed by atoms with Crippen molar-refractivity contribution >= 4 is 12.3 Å². The quantitative estimate of drug-likeness (QED) is 0.629. The van der Waals surface area contributed by atoms with E-state index in [0.717, 1.165) is 6.29 Å². The third-order valence-corrected chi connectivity index (χ3v) is 1.80. The van der Waals surface area contributed by atoms with Gasteiger partial charge in [-0.1, -0.05) is 13.8 Å². The number of likely N-dealkylation sites (N-methyl/N-ethyl adjacent to an activating group) is 1. The zero-order chi connectivity index (χ0) is 9.72. The monoisotopic (exact) mass is 172 g/mol. The van der Waals surface area contributed by atoms with Crippen LogP contribution in [0.15, 0.2) is 0 Å². The number of amides is 2. The first-order valence-electron chi connectivity index (χ1n) is 3.94. The summed E-state index contributed by atoms with van der Waals surface area (Å²) in [5, 5.41) is 2.46. The highest BCUT2D eigenvalue weighted by Gasteiger charge is 2.20. The van der Waals surface area contributed by atoms with Gasteiger partial charge in [-0.3, -0.25) is 0 Å². The lowest BCUT2D eigenvalue weighted by atomic mass is 10.1. The fraction of sp³-hybridized carbons (Fsp3) is 0.750. The molecule has 0 radical (unpaired) electrons. The third-order valence-electron chi connectivity index (χ3n) is 1.80. The second kappa shape index (κ2) is 4.74. The van der Waals surface area contributed by atoms with Gasteiger partial charge in [0.15, 0.2) is 0 Å². The minimum Gasteiger partial charge on any atom is -0.341 e. The smallest absolute Gasteiger partial charge is 0.317 e. The van der Waals surface area contributed by atoms with Gasteiger partial charge in [-0.05, 0) is 5.92 Å². The van der Waals surface area contributed by atoms with Gasteiger partial charge in [0.25, 0.3) is 0 Å². The summed E-state index contributed by atoms with van der Waals surface area (Å²) >= 11 is 0. The van der Waals surface area contributed by atoms with E-state index in [1.807, 2.05) is 13.8 Å². The Hall–Kier alpha value is -1.06. The van der Waals surface area contributed by atoms with E-state index in [9.17, 15) is 9.59 Å². The normalized spacial score (nSPS) is 12.4. The molecule has 0 saturated carbocycles. The largest absolute Gasteiger partial charge is 0.341 e. The summed E-state index contributed by atoms with van der Waals surface area (Å²) in [7, 11) is 3.15. The molecule has 0 bridgehead atoms. The molecule has 0 fully saturated rings. The molecule has 0 aliphatic heterocycles. The topological polar surface area (TPSA) is 49.4 Å². The molecule has 0 aliphatic carbocycles. The molecule has 0 aliphatic rings. The van der Waals surface area contributed by atoms with Crippen LogP contribution in [0.2, 0.25) is 0 Å². The predicted molar refractivity (Wildman–Crippen MR) is 46.9 cm³/mol. The number of nitrogens with one attached hydrogen (secondary N) is 1.